The predicted molar refractivity (Wildman–Crippen MR) is 75.0 cm³/mol. The summed E-state index contributed by atoms with van der Waals surface area (Å²) in [6.45, 7) is 6.59. The molecule has 0 aromatic carbocycles. The summed E-state index contributed by atoms with van der Waals surface area (Å²) in [6.07, 6.45) is 4.34. The van der Waals surface area contributed by atoms with Gasteiger partial charge in [-0.25, -0.2) is 4.98 Å². The summed E-state index contributed by atoms with van der Waals surface area (Å²) in [5.41, 5.74) is 0. The molecular formula is C12H19BrN2S. The number of hydrogen-bond donors (Lipinski definition) is 1. The number of aromatic nitrogens is 1. The highest BCUT2D eigenvalue weighted by atomic mass is 79.9. The normalized spacial score (nSPS) is 12.7. The summed E-state index contributed by atoms with van der Waals surface area (Å²) in [6, 6.07) is 3.98. The number of unbranched alkanes of at least 4 members (excludes halogenated alkanes) is 1. The van der Waals surface area contributed by atoms with Crippen LogP contribution in [0.1, 0.15) is 26.7 Å². The van der Waals surface area contributed by atoms with Crippen LogP contribution in [0.25, 0.3) is 0 Å². The Morgan fingerprint density at radius 3 is 3.06 bits per heavy atom. The predicted octanol–water partition coefficient (Wildman–Crippen LogP) is 3.71. The molecule has 1 aromatic rings. The lowest BCUT2D eigenvalue weighted by Crippen LogP contribution is -2.23. The molecule has 0 saturated heterocycles. The van der Waals surface area contributed by atoms with Crippen molar-refractivity contribution in [2.45, 2.75) is 37.0 Å². The van der Waals surface area contributed by atoms with Crippen LogP contribution in [0, 0.1) is 0 Å². The second-order valence-electron chi connectivity index (χ2n) is 3.78. The van der Waals surface area contributed by atoms with Crippen molar-refractivity contribution in [3.8, 4) is 0 Å². The standard InChI is InChI=1S/C12H19BrN2S/c1-3-4-7-14-9-10(2)16-12-11(13)6-5-8-15-12/h5-6,8,10,14H,3-4,7,9H2,1-2H3. The van der Waals surface area contributed by atoms with Gasteiger partial charge in [-0.3, -0.25) is 0 Å². The Bertz CT molecular complexity index is 307. The molecule has 0 spiro atoms. The first kappa shape index (κ1) is 14.0. The lowest BCUT2D eigenvalue weighted by Gasteiger charge is -2.12. The molecule has 1 rings (SSSR count). The Labute approximate surface area is 111 Å². The molecule has 1 heterocycles. The zero-order chi connectivity index (χ0) is 11.8. The second-order valence-corrected chi connectivity index (χ2v) is 6.06. The summed E-state index contributed by atoms with van der Waals surface area (Å²) < 4.78 is 1.08. The minimum absolute atomic E-state index is 0.544. The average molecular weight is 303 g/mol. The second kappa shape index (κ2) is 8.09. The van der Waals surface area contributed by atoms with Crippen LogP contribution in [-0.2, 0) is 0 Å². The van der Waals surface area contributed by atoms with E-state index in [0.29, 0.717) is 5.25 Å². The van der Waals surface area contributed by atoms with E-state index in [1.165, 1.54) is 12.8 Å². The molecule has 0 saturated carbocycles. The zero-order valence-corrected chi connectivity index (χ0v) is 12.3. The highest BCUT2D eigenvalue weighted by Gasteiger charge is 2.07. The van der Waals surface area contributed by atoms with Gasteiger partial charge >= 0.3 is 0 Å². The maximum Gasteiger partial charge on any atom is 0.110 e. The fourth-order valence-electron chi connectivity index (χ4n) is 1.30. The van der Waals surface area contributed by atoms with Gasteiger partial charge in [-0.15, -0.1) is 11.8 Å². The summed E-state index contributed by atoms with van der Waals surface area (Å²) in [5.74, 6) is 0. The van der Waals surface area contributed by atoms with Gasteiger partial charge in [0.15, 0.2) is 0 Å². The molecule has 0 aliphatic carbocycles. The van der Waals surface area contributed by atoms with Crippen molar-refractivity contribution in [1.29, 1.82) is 0 Å². The number of hydrogen-bond acceptors (Lipinski definition) is 3. The maximum absolute atomic E-state index is 4.35. The van der Waals surface area contributed by atoms with Gasteiger partial charge in [-0.05, 0) is 41.0 Å². The number of nitrogens with zero attached hydrogens (tertiary/aromatic N) is 1. The molecule has 16 heavy (non-hydrogen) atoms. The lowest BCUT2D eigenvalue weighted by molar-refractivity contribution is 0.638. The first-order valence-electron chi connectivity index (χ1n) is 5.72. The van der Waals surface area contributed by atoms with Gasteiger partial charge in [0.05, 0.1) is 0 Å². The van der Waals surface area contributed by atoms with E-state index in [1.807, 2.05) is 30.1 Å². The first-order valence-corrected chi connectivity index (χ1v) is 7.39. The minimum atomic E-state index is 0.544. The summed E-state index contributed by atoms with van der Waals surface area (Å²) in [5, 5.41) is 5.08. The van der Waals surface area contributed by atoms with Gasteiger partial charge in [0.1, 0.15) is 5.03 Å². The fraction of sp³-hybridized carbons (Fsp3) is 0.583. The van der Waals surface area contributed by atoms with Crippen molar-refractivity contribution < 1.29 is 0 Å². The van der Waals surface area contributed by atoms with E-state index in [0.717, 1.165) is 22.6 Å². The number of rotatable bonds is 7. The van der Waals surface area contributed by atoms with E-state index in [-0.39, 0.29) is 0 Å². The Morgan fingerprint density at radius 1 is 1.56 bits per heavy atom. The first-order chi connectivity index (χ1) is 7.74. The van der Waals surface area contributed by atoms with E-state index >= 15 is 0 Å². The molecule has 0 fully saturated rings. The van der Waals surface area contributed by atoms with Crippen molar-refractivity contribution in [2.24, 2.45) is 0 Å². The molecule has 0 aliphatic rings. The van der Waals surface area contributed by atoms with Crippen molar-refractivity contribution in [1.82, 2.24) is 10.3 Å². The van der Waals surface area contributed by atoms with Crippen molar-refractivity contribution in [3.05, 3.63) is 22.8 Å². The van der Waals surface area contributed by atoms with Gasteiger partial charge in [0.2, 0.25) is 0 Å². The minimum Gasteiger partial charge on any atom is -0.316 e. The van der Waals surface area contributed by atoms with Gasteiger partial charge < -0.3 is 5.32 Å². The Balaban J connectivity index is 2.28. The van der Waals surface area contributed by atoms with Crippen molar-refractivity contribution in [2.75, 3.05) is 13.1 Å². The zero-order valence-electron chi connectivity index (χ0n) is 9.87. The van der Waals surface area contributed by atoms with Gasteiger partial charge in [0.25, 0.3) is 0 Å². The Kier molecular flexibility index (Phi) is 7.08. The average Bonchev–Trinajstić information content (AvgIpc) is 2.28. The van der Waals surface area contributed by atoms with Crippen LogP contribution in [0.3, 0.4) is 0 Å². The van der Waals surface area contributed by atoms with E-state index in [9.17, 15) is 0 Å². The topological polar surface area (TPSA) is 24.9 Å². The van der Waals surface area contributed by atoms with Crippen LogP contribution in [0.15, 0.2) is 27.8 Å². The molecule has 2 nitrogen and oxygen atoms in total. The molecule has 1 N–H and O–H groups in total. The van der Waals surface area contributed by atoms with Crippen molar-refractivity contribution >= 4 is 27.7 Å². The van der Waals surface area contributed by atoms with Crippen molar-refractivity contribution in [3.63, 3.8) is 0 Å². The summed E-state index contributed by atoms with van der Waals surface area (Å²) >= 11 is 5.32. The number of pyridine rings is 1. The molecule has 0 radical (unpaired) electrons. The quantitative estimate of drug-likeness (QED) is 0.614. The molecule has 0 amide bonds. The van der Waals surface area contributed by atoms with E-state index in [1.54, 1.807) is 0 Å². The lowest BCUT2D eigenvalue weighted by atomic mass is 10.3. The number of nitrogens with one attached hydrogen (secondary N) is 1. The van der Waals surface area contributed by atoms with E-state index in [4.69, 9.17) is 0 Å². The number of thioether (sulfide) groups is 1. The number of halogens is 1. The molecule has 1 aromatic heterocycles. The Morgan fingerprint density at radius 2 is 2.38 bits per heavy atom. The highest BCUT2D eigenvalue weighted by Crippen LogP contribution is 2.27. The largest absolute Gasteiger partial charge is 0.316 e. The molecule has 4 heteroatoms. The van der Waals surface area contributed by atoms with Crippen LogP contribution >= 0.6 is 27.7 Å². The third kappa shape index (κ3) is 5.32. The Hall–Kier alpha value is -0.0600. The summed E-state index contributed by atoms with van der Waals surface area (Å²) in [7, 11) is 0. The molecule has 0 aliphatic heterocycles. The highest BCUT2D eigenvalue weighted by molar-refractivity contribution is 9.10. The van der Waals surface area contributed by atoms with Gasteiger partial charge in [-0.2, -0.15) is 0 Å². The molecule has 90 valence electrons. The van der Waals surface area contributed by atoms with E-state index in [2.05, 4.69) is 40.1 Å². The molecular weight excluding hydrogens is 284 g/mol. The fourth-order valence-corrected chi connectivity index (χ4v) is 2.72. The third-order valence-electron chi connectivity index (χ3n) is 2.18. The van der Waals surface area contributed by atoms with Crippen LogP contribution in [0.5, 0.6) is 0 Å². The van der Waals surface area contributed by atoms with Crippen LogP contribution in [0.4, 0.5) is 0 Å². The van der Waals surface area contributed by atoms with Gasteiger partial charge in [-0.1, -0.05) is 20.3 Å². The third-order valence-corrected chi connectivity index (χ3v) is 4.20. The van der Waals surface area contributed by atoms with Crippen LogP contribution < -0.4 is 5.32 Å². The van der Waals surface area contributed by atoms with E-state index < -0.39 is 0 Å². The molecule has 1 unspecified atom stereocenters. The smallest absolute Gasteiger partial charge is 0.110 e. The molecule has 1 atom stereocenters. The van der Waals surface area contributed by atoms with Crippen LogP contribution in [-0.4, -0.2) is 23.3 Å². The maximum atomic E-state index is 4.35. The van der Waals surface area contributed by atoms with Gasteiger partial charge in [0, 0.05) is 22.5 Å². The molecule has 0 bridgehead atoms. The van der Waals surface area contributed by atoms with Crippen LogP contribution in [0.2, 0.25) is 0 Å². The SMILES string of the molecule is CCCCNCC(C)Sc1ncccc1Br. The monoisotopic (exact) mass is 302 g/mol. The summed E-state index contributed by atoms with van der Waals surface area (Å²) in [4.78, 5) is 4.35.